The summed E-state index contributed by atoms with van der Waals surface area (Å²) in [6.45, 7) is 13.5. The van der Waals surface area contributed by atoms with Crippen molar-refractivity contribution in [2.24, 2.45) is 5.41 Å². The van der Waals surface area contributed by atoms with Crippen molar-refractivity contribution in [1.82, 2.24) is 10.6 Å². The van der Waals surface area contributed by atoms with Crippen molar-refractivity contribution in [3.05, 3.63) is 0 Å². The smallest absolute Gasteiger partial charge is 0.407 e. The van der Waals surface area contributed by atoms with Crippen LogP contribution >= 0.6 is 0 Å². The van der Waals surface area contributed by atoms with E-state index in [9.17, 15) is 4.79 Å². The first-order chi connectivity index (χ1) is 9.05. The van der Waals surface area contributed by atoms with Gasteiger partial charge in [-0.05, 0) is 58.4 Å². The Bertz CT molecular complexity index is 315. The molecule has 4 nitrogen and oxygen atoms in total. The van der Waals surface area contributed by atoms with Crippen LogP contribution in [0.1, 0.15) is 67.2 Å². The van der Waals surface area contributed by atoms with Gasteiger partial charge in [-0.3, -0.25) is 0 Å². The lowest BCUT2D eigenvalue weighted by Gasteiger charge is -2.22. The van der Waals surface area contributed by atoms with Crippen LogP contribution in [-0.4, -0.2) is 30.3 Å². The summed E-state index contributed by atoms with van der Waals surface area (Å²) in [6.07, 6.45) is 4.05. The summed E-state index contributed by atoms with van der Waals surface area (Å²) >= 11 is 0. The highest BCUT2D eigenvalue weighted by Crippen LogP contribution is 2.21. The van der Waals surface area contributed by atoms with Gasteiger partial charge in [-0.15, -0.1) is 0 Å². The maximum atomic E-state index is 11.7. The van der Waals surface area contributed by atoms with Crippen molar-refractivity contribution in [3.63, 3.8) is 0 Å². The monoisotopic (exact) mass is 284 g/mol. The average Bonchev–Trinajstić information content (AvgIpc) is 2.60. The largest absolute Gasteiger partial charge is 0.444 e. The first kappa shape index (κ1) is 17.3. The molecule has 118 valence electrons. The Morgan fingerprint density at radius 3 is 2.25 bits per heavy atom. The number of amides is 1. The summed E-state index contributed by atoms with van der Waals surface area (Å²) in [5.74, 6) is 0. The third kappa shape index (κ3) is 7.73. The van der Waals surface area contributed by atoms with Crippen molar-refractivity contribution in [2.45, 2.75) is 84.9 Å². The number of rotatable bonds is 4. The van der Waals surface area contributed by atoms with Gasteiger partial charge in [0, 0.05) is 12.1 Å². The maximum absolute atomic E-state index is 11.7. The molecule has 0 bridgehead atoms. The molecule has 2 unspecified atom stereocenters. The summed E-state index contributed by atoms with van der Waals surface area (Å²) in [6, 6.07) is 0.772. The van der Waals surface area contributed by atoms with Crippen LogP contribution in [0.15, 0.2) is 0 Å². The second-order valence-corrected chi connectivity index (χ2v) is 8.12. The molecule has 0 saturated heterocycles. The second kappa shape index (κ2) is 6.79. The highest BCUT2D eigenvalue weighted by molar-refractivity contribution is 5.68. The molecule has 2 atom stereocenters. The van der Waals surface area contributed by atoms with Gasteiger partial charge >= 0.3 is 6.09 Å². The van der Waals surface area contributed by atoms with Crippen molar-refractivity contribution in [1.29, 1.82) is 0 Å². The summed E-state index contributed by atoms with van der Waals surface area (Å²) in [4.78, 5) is 11.7. The molecule has 1 amide bonds. The molecule has 0 aromatic rings. The lowest BCUT2D eigenvalue weighted by atomic mass is 9.92. The number of alkyl carbamates (subject to hydrolysis) is 1. The second-order valence-electron chi connectivity index (χ2n) is 8.12. The molecule has 0 spiro atoms. The van der Waals surface area contributed by atoms with Gasteiger partial charge < -0.3 is 15.4 Å². The van der Waals surface area contributed by atoms with E-state index in [1.54, 1.807) is 0 Å². The van der Waals surface area contributed by atoms with Crippen LogP contribution in [0.2, 0.25) is 0 Å². The summed E-state index contributed by atoms with van der Waals surface area (Å²) in [5, 5.41) is 6.57. The number of carbonyl (C=O) groups excluding carboxylic acids is 1. The molecule has 1 rings (SSSR count). The molecular weight excluding hydrogens is 252 g/mol. The fourth-order valence-corrected chi connectivity index (χ4v) is 2.42. The first-order valence-electron chi connectivity index (χ1n) is 7.78. The van der Waals surface area contributed by atoms with Crippen LogP contribution < -0.4 is 10.6 Å². The van der Waals surface area contributed by atoms with E-state index in [-0.39, 0.29) is 12.1 Å². The third-order valence-electron chi connectivity index (χ3n) is 3.46. The van der Waals surface area contributed by atoms with Crippen LogP contribution in [-0.2, 0) is 4.74 Å². The highest BCUT2D eigenvalue weighted by Gasteiger charge is 2.27. The van der Waals surface area contributed by atoms with Gasteiger partial charge in [-0.2, -0.15) is 0 Å². The molecule has 0 radical (unpaired) electrons. The molecule has 1 saturated carbocycles. The molecule has 1 fully saturated rings. The number of hydrogen-bond acceptors (Lipinski definition) is 3. The Hall–Kier alpha value is -0.770. The van der Waals surface area contributed by atoms with Gasteiger partial charge in [0.1, 0.15) is 5.60 Å². The lowest BCUT2D eigenvalue weighted by Crippen LogP contribution is -2.39. The van der Waals surface area contributed by atoms with Crippen LogP contribution in [0.5, 0.6) is 0 Å². The average molecular weight is 284 g/mol. The van der Waals surface area contributed by atoms with E-state index in [0.29, 0.717) is 11.5 Å². The van der Waals surface area contributed by atoms with Crippen molar-refractivity contribution in [3.8, 4) is 0 Å². The molecule has 1 aliphatic rings. The minimum atomic E-state index is -0.424. The van der Waals surface area contributed by atoms with E-state index in [2.05, 4.69) is 31.4 Å². The van der Waals surface area contributed by atoms with Crippen LogP contribution in [0.4, 0.5) is 4.79 Å². The van der Waals surface area contributed by atoms with Crippen LogP contribution in [0.25, 0.3) is 0 Å². The number of ether oxygens (including phenoxy) is 1. The number of carbonyl (C=O) groups is 1. The van der Waals surface area contributed by atoms with E-state index in [1.807, 2.05) is 20.8 Å². The van der Waals surface area contributed by atoms with E-state index >= 15 is 0 Å². The number of hydrogen-bond donors (Lipinski definition) is 2. The van der Waals surface area contributed by atoms with Gasteiger partial charge in [0.25, 0.3) is 0 Å². The van der Waals surface area contributed by atoms with E-state index < -0.39 is 5.60 Å². The fraction of sp³-hybridized carbons (Fsp3) is 0.938. The Morgan fingerprint density at radius 2 is 1.70 bits per heavy atom. The SMILES string of the molecule is CC(C)(C)CCNC1CCC(NC(=O)OC(C)(C)C)C1. The molecule has 1 aliphatic carbocycles. The maximum Gasteiger partial charge on any atom is 0.407 e. The number of nitrogens with one attached hydrogen (secondary N) is 2. The molecule has 0 aromatic heterocycles. The Morgan fingerprint density at radius 1 is 1.10 bits per heavy atom. The molecule has 0 aromatic carbocycles. The molecule has 20 heavy (non-hydrogen) atoms. The Balaban J connectivity index is 2.21. The zero-order valence-electron chi connectivity index (χ0n) is 14.0. The molecular formula is C16H32N2O2. The van der Waals surface area contributed by atoms with Gasteiger partial charge in [-0.25, -0.2) is 4.79 Å². The van der Waals surface area contributed by atoms with Crippen molar-refractivity contribution >= 4 is 6.09 Å². The van der Waals surface area contributed by atoms with E-state index in [4.69, 9.17) is 4.74 Å². The summed E-state index contributed by atoms with van der Waals surface area (Å²) in [7, 11) is 0. The van der Waals surface area contributed by atoms with Gasteiger partial charge in [-0.1, -0.05) is 20.8 Å². The van der Waals surface area contributed by atoms with Crippen molar-refractivity contribution < 1.29 is 9.53 Å². The van der Waals surface area contributed by atoms with E-state index in [0.717, 1.165) is 25.8 Å². The molecule has 4 heteroatoms. The van der Waals surface area contributed by atoms with Gasteiger partial charge in [0.05, 0.1) is 0 Å². The summed E-state index contributed by atoms with van der Waals surface area (Å²) < 4.78 is 5.29. The Labute approximate surface area is 124 Å². The normalized spacial score (nSPS) is 23.7. The zero-order valence-corrected chi connectivity index (χ0v) is 14.0. The topological polar surface area (TPSA) is 50.4 Å². The molecule has 0 heterocycles. The molecule has 0 aliphatic heterocycles. The molecule has 2 N–H and O–H groups in total. The fourth-order valence-electron chi connectivity index (χ4n) is 2.42. The minimum Gasteiger partial charge on any atom is -0.444 e. The predicted molar refractivity (Wildman–Crippen MR) is 82.9 cm³/mol. The van der Waals surface area contributed by atoms with Gasteiger partial charge in [0.15, 0.2) is 0 Å². The lowest BCUT2D eigenvalue weighted by molar-refractivity contribution is 0.0505. The van der Waals surface area contributed by atoms with Crippen molar-refractivity contribution in [2.75, 3.05) is 6.54 Å². The predicted octanol–water partition coefficient (Wildman–Crippen LogP) is 3.46. The van der Waals surface area contributed by atoms with Crippen LogP contribution in [0.3, 0.4) is 0 Å². The quantitative estimate of drug-likeness (QED) is 0.831. The standard InChI is InChI=1S/C16H32N2O2/c1-15(2,3)9-10-17-12-7-8-13(11-12)18-14(19)20-16(4,5)6/h12-13,17H,7-11H2,1-6H3,(H,18,19). The van der Waals surface area contributed by atoms with Gasteiger partial charge in [0.2, 0.25) is 0 Å². The minimum absolute atomic E-state index is 0.247. The summed E-state index contributed by atoms with van der Waals surface area (Å²) in [5.41, 5.74) is -0.0488. The van der Waals surface area contributed by atoms with E-state index in [1.165, 1.54) is 6.42 Å². The van der Waals surface area contributed by atoms with Crippen LogP contribution in [0, 0.1) is 5.41 Å². The zero-order chi connectivity index (χ0) is 15.4. The first-order valence-corrected chi connectivity index (χ1v) is 7.78. The third-order valence-corrected chi connectivity index (χ3v) is 3.46. The highest BCUT2D eigenvalue weighted by atomic mass is 16.6. The Kier molecular flexibility index (Phi) is 5.87.